The van der Waals surface area contributed by atoms with Gasteiger partial charge in [-0.15, -0.1) is 0 Å². The lowest BCUT2D eigenvalue weighted by molar-refractivity contribution is -0.398. The van der Waals surface area contributed by atoms with Gasteiger partial charge in [-0.2, -0.15) is 8.42 Å². The van der Waals surface area contributed by atoms with E-state index < -0.39 is 10.1 Å². The van der Waals surface area contributed by atoms with Crippen molar-refractivity contribution in [1.29, 1.82) is 0 Å². The van der Waals surface area contributed by atoms with Crippen LogP contribution < -0.4 is 4.90 Å². The molecule has 1 N–H and O–H groups in total. The first-order valence-electron chi connectivity index (χ1n) is 9.22. The zero-order valence-corrected chi connectivity index (χ0v) is 17.5. The molecule has 0 unspecified atom stereocenters. The Balaban J connectivity index is 2.12. The summed E-state index contributed by atoms with van der Waals surface area (Å²) in [6.07, 6.45) is 7.58. The van der Waals surface area contributed by atoms with Gasteiger partial charge in [0, 0.05) is 37.1 Å². The van der Waals surface area contributed by atoms with Gasteiger partial charge in [0.2, 0.25) is 5.69 Å². The second-order valence-electron chi connectivity index (χ2n) is 6.41. The summed E-state index contributed by atoms with van der Waals surface area (Å²) in [5, 5.41) is 0. The summed E-state index contributed by atoms with van der Waals surface area (Å²) in [6.45, 7) is 0.175. The molecule has 2 rings (SSSR count). The van der Waals surface area contributed by atoms with Gasteiger partial charge in [0.25, 0.3) is 10.1 Å². The van der Waals surface area contributed by atoms with Gasteiger partial charge >= 0.3 is 0 Å². The Morgan fingerprint density at radius 2 is 1.72 bits per heavy atom. The zero-order chi connectivity index (χ0) is 21.1. The lowest BCUT2D eigenvalue weighted by Crippen LogP contribution is -2.09. The number of para-hydroxylation sites is 2. The Hall–Kier alpha value is -2.90. The minimum Gasteiger partial charge on any atom is -0.493 e. The van der Waals surface area contributed by atoms with Crippen molar-refractivity contribution < 1.29 is 22.3 Å². The Morgan fingerprint density at radius 1 is 1.10 bits per heavy atom. The van der Waals surface area contributed by atoms with Crippen LogP contribution in [0, 0.1) is 0 Å². The summed E-state index contributed by atoms with van der Waals surface area (Å²) < 4.78 is 38.3. The third-order valence-corrected chi connectivity index (χ3v) is 4.87. The summed E-state index contributed by atoms with van der Waals surface area (Å²) >= 11 is 0. The second-order valence-corrected chi connectivity index (χ2v) is 7.99. The lowest BCUT2D eigenvalue weighted by Gasteiger charge is -2.14. The largest absolute Gasteiger partial charge is 0.493 e. The topological polar surface area (TPSA) is 69.8 Å². The molecule has 2 aromatic carbocycles. The van der Waals surface area contributed by atoms with E-state index in [1.165, 1.54) is 0 Å². The number of ether oxygens (including phenoxy) is 1. The van der Waals surface area contributed by atoms with Crippen LogP contribution >= 0.6 is 0 Å². The summed E-state index contributed by atoms with van der Waals surface area (Å²) in [5.74, 6) is 0.243. The maximum atomic E-state index is 10.9. The van der Waals surface area contributed by atoms with Gasteiger partial charge in [0.15, 0.2) is 6.21 Å². The van der Waals surface area contributed by atoms with Crippen molar-refractivity contribution in [2.75, 3.05) is 31.4 Å². The van der Waals surface area contributed by atoms with E-state index in [1.807, 2.05) is 109 Å². The van der Waals surface area contributed by atoms with Crippen LogP contribution in [0.15, 0.2) is 84.8 Å². The highest BCUT2D eigenvalue weighted by molar-refractivity contribution is 7.85. The minimum atomic E-state index is -3.99. The van der Waals surface area contributed by atoms with E-state index in [0.29, 0.717) is 5.76 Å². The lowest BCUT2D eigenvalue weighted by atomic mass is 10.3. The summed E-state index contributed by atoms with van der Waals surface area (Å²) in [7, 11) is -0.123. The number of hydrogen-bond donors (Lipinski definition) is 1. The van der Waals surface area contributed by atoms with Crippen molar-refractivity contribution in [3.8, 4) is 0 Å². The Bertz CT molecular complexity index is 953. The maximum absolute atomic E-state index is 10.9. The normalized spacial score (nSPS) is 12.9. The molecule has 0 heterocycles. The Labute approximate surface area is 172 Å². The minimum absolute atomic E-state index is 0.175. The molecule has 0 amide bonds. The molecule has 29 heavy (non-hydrogen) atoms. The molecule has 0 radical (unpaired) electrons. The van der Waals surface area contributed by atoms with Crippen molar-refractivity contribution in [2.45, 2.75) is 6.42 Å². The smallest absolute Gasteiger partial charge is 0.264 e. The molecule has 0 aliphatic heterocycles. The Kier molecular flexibility index (Phi) is 8.64. The van der Waals surface area contributed by atoms with Crippen molar-refractivity contribution in [2.24, 2.45) is 0 Å². The molecule has 0 saturated carbocycles. The molecule has 6 nitrogen and oxygen atoms in total. The monoisotopic (exact) mass is 415 g/mol. The number of hydrogen-bond acceptors (Lipinski definition) is 4. The highest BCUT2D eigenvalue weighted by Crippen LogP contribution is 2.13. The van der Waals surface area contributed by atoms with Crippen LogP contribution in [-0.2, 0) is 14.9 Å². The first kappa shape index (κ1) is 22.4. The molecule has 7 heteroatoms. The maximum Gasteiger partial charge on any atom is 0.264 e. The molecule has 0 spiro atoms. The molecule has 0 aliphatic rings. The predicted octanol–water partition coefficient (Wildman–Crippen LogP) is 3.86. The van der Waals surface area contributed by atoms with Crippen LogP contribution in [0.3, 0.4) is 0 Å². The molecular formula is C22H27N2O4S+. The van der Waals surface area contributed by atoms with E-state index in [1.54, 1.807) is 0 Å². The van der Waals surface area contributed by atoms with E-state index in [-0.39, 0.29) is 18.8 Å². The van der Waals surface area contributed by atoms with Crippen LogP contribution in [0.5, 0.6) is 0 Å². The second kappa shape index (κ2) is 11.2. The van der Waals surface area contributed by atoms with Gasteiger partial charge in [-0.05, 0) is 24.6 Å². The number of allylic oxidation sites excluding steroid dienone is 2. The van der Waals surface area contributed by atoms with Crippen LogP contribution in [-0.4, -0.2) is 50.2 Å². The van der Waals surface area contributed by atoms with Crippen molar-refractivity contribution in [3.05, 3.63) is 84.8 Å². The van der Waals surface area contributed by atoms with Crippen molar-refractivity contribution in [1.82, 2.24) is 0 Å². The van der Waals surface area contributed by atoms with E-state index >= 15 is 0 Å². The summed E-state index contributed by atoms with van der Waals surface area (Å²) in [4.78, 5) is 1.95. The molecule has 0 aliphatic carbocycles. The fourth-order valence-electron chi connectivity index (χ4n) is 2.45. The van der Waals surface area contributed by atoms with Crippen LogP contribution in [0.25, 0.3) is 0 Å². The van der Waals surface area contributed by atoms with E-state index in [2.05, 4.69) is 0 Å². The third kappa shape index (κ3) is 8.76. The van der Waals surface area contributed by atoms with Gasteiger partial charge < -0.3 is 9.64 Å². The number of anilines is 1. The molecule has 0 saturated heterocycles. The van der Waals surface area contributed by atoms with Gasteiger partial charge in [-0.25, -0.2) is 4.58 Å². The molecule has 2 aromatic rings. The summed E-state index contributed by atoms with van der Waals surface area (Å²) in [5.41, 5.74) is 2.06. The van der Waals surface area contributed by atoms with Gasteiger partial charge in [-0.1, -0.05) is 36.4 Å². The highest BCUT2D eigenvalue weighted by Gasteiger charge is 2.05. The summed E-state index contributed by atoms with van der Waals surface area (Å²) in [6, 6.07) is 19.8. The number of nitrogens with zero attached hydrogens (tertiary/aromatic N) is 2. The first-order valence-corrected chi connectivity index (χ1v) is 10.8. The zero-order valence-electron chi connectivity index (χ0n) is 16.7. The number of rotatable bonds is 10. The van der Waals surface area contributed by atoms with Crippen molar-refractivity contribution in [3.63, 3.8) is 0 Å². The van der Waals surface area contributed by atoms with E-state index in [0.717, 1.165) is 11.4 Å². The SMILES string of the molecule is CN(C=CC(=CC=[N+](C)c1ccccc1)OCCCS(=O)(=O)O)c1ccccc1. The molecular weight excluding hydrogens is 388 g/mol. The van der Waals surface area contributed by atoms with Crippen LogP contribution in [0.4, 0.5) is 11.4 Å². The molecule has 0 aromatic heterocycles. The van der Waals surface area contributed by atoms with Gasteiger partial charge in [0.05, 0.1) is 12.4 Å². The third-order valence-electron chi connectivity index (χ3n) is 4.07. The molecule has 0 fully saturated rings. The fraction of sp³-hybridized carbons (Fsp3) is 0.227. The van der Waals surface area contributed by atoms with Gasteiger partial charge in [0.1, 0.15) is 12.8 Å². The van der Waals surface area contributed by atoms with E-state index in [9.17, 15) is 8.42 Å². The predicted molar refractivity (Wildman–Crippen MR) is 117 cm³/mol. The average Bonchev–Trinajstić information content (AvgIpc) is 2.72. The standard InChI is InChI=1S/C22H26N2O4S/c1-23(20-10-5-3-6-11-20)16-14-22(28-18-9-19-29(25,26)27)15-17-24(2)21-12-7-4-8-13-21/h3-8,10-17H,9,18-19H2,1-2H3/p+1. The molecule has 0 bridgehead atoms. The van der Waals surface area contributed by atoms with Crippen LogP contribution in [0.1, 0.15) is 6.42 Å². The molecule has 0 atom stereocenters. The van der Waals surface area contributed by atoms with Gasteiger partial charge in [-0.3, -0.25) is 4.55 Å². The first-order chi connectivity index (χ1) is 13.8. The van der Waals surface area contributed by atoms with E-state index in [4.69, 9.17) is 9.29 Å². The highest BCUT2D eigenvalue weighted by atomic mass is 32.2. The average molecular weight is 416 g/mol. The fourth-order valence-corrected chi connectivity index (χ4v) is 2.93. The molecule has 154 valence electrons. The number of benzene rings is 2. The quantitative estimate of drug-likeness (QED) is 0.159. The Morgan fingerprint density at radius 3 is 2.34 bits per heavy atom. The van der Waals surface area contributed by atoms with Crippen LogP contribution in [0.2, 0.25) is 0 Å². The van der Waals surface area contributed by atoms with Crippen molar-refractivity contribution >= 4 is 27.7 Å².